The summed E-state index contributed by atoms with van der Waals surface area (Å²) < 4.78 is 39.2. The molecule has 2 heterocycles. The van der Waals surface area contributed by atoms with Crippen molar-refractivity contribution in [2.75, 3.05) is 49.5 Å². The second kappa shape index (κ2) is 8.70. The van der Waals surface area contributed by atoms with E-state index in [2.05, 4.69) is 10.6 Å². The van der Waals surface area contributed by atoms with E-state index in [1.165, 1.54) is 6.07 Å². The first-order valence-electron chi connectivity index (χ1n) is 9.59. The molecule has 1 aromatic rings. The van der Waals surface area contributed by atoms with Gasteiger partial charge in [0.1, 0.15) is 0 Å². The number of hydrogen-bond acceptors (Lipinski definition) is 4. The van der Waals surface area contributed by atoms with Gasteiger partial charge in [-0.05, 0) is 43.9 Å². The van der Waals surface area contributed by atoms with Crippen LogP contribution in [0.1, 0.15) is 31.2 Å². The van der Waals surface area contributed by atoms with Gasteiger partial charge >= 0.3 is 6.18 Å². The van der Waals surface area contributed by atoms with Gasteiger partial charge < -0.3 is 20.4 Å². The molecule has 0 aliphatic carbocycles. The van der Waals surface area contributed by atoms with Gasteiger partial charge in [-0.3, -0.25) is 9.59 Å². The Labute approximate surface area is 162 Å². The number of nitrogens with one attached hydrogen (secondary N) is 2. The fourth-order valence-electron chi connectivity index (χ4n) is 3.58. The molecular formula is C19H25F3N4O2. The third kappa shape index (κ3) is 5.08. The predicted molar refractivity (Wildman–Crippen MR) is 100 cm³/mol. The molecule has 0 spiro atoms. The summed E-state index contributed by atoms with van der Waals surface area (Å²) in [6.45, 7) is 2.66. The molecule has 0 radical (unpaired) electrons. The molecule has 2 N–H and O–H groups in total. The lowest BCUT2D eigenvalue weighted by Crippen LogP contribution is -2.40. The number of halogens is 3. The zero-order valence-electron chi connectivity index (χ0n) is 15.6. The van der Waals surface area contributed by atoms with Gasteiger partial charge in [0.25, 0.3) is 0 Å². The molecule has 1 aromatic carbocycles. The first-order valence-corrected chi connectivity index (χ1v) is 9.59. The second-order valence-corrected chi connectivity index (χ2v) is 7.14. The lowest BCUT2D eigenvalue weighted by Gasteiger charge is -2.23. The second-order valence-electron chi connectivity index (χ2n) is 7.14. The third-order valence-corrected chi connectivity index (χ3v) is 5.11. The van der Waals surface area contributed by atoms with Gasteiger partial charge in [-0.2, -0.15) is 13.2 Å². The molecule has 2 fully saturated rings. The summed E-state index contributed by atoms with van der Waals surface area (Å²) in [6.07, 6.45) is -0.546. The van der Waals surface area contributed by atoms with E-state index < -0.39 is 17.6 Å². The van der Waals surface area contributed by atoms with Crippen LogP contribution in [0.4, 0.5) is 24.5 Å². The van der Waals surface area contributed by atoms with Crippen LogP contribution in [0.15, 0.2) is 18.2 Å². The Balaban J connectivity index is 1.61. The van der Waals surface area contributed by atoms with Crippen molar-refractivity contribution in [1.82, 2.24) is 10.2 Å². The molecule has 2 aliphatic heterocycles. The third-order valence-electron chi connectivity index (χ3n) is 5.11. The Morgan fingerprint density at radius 2 is 1.61 bits per heavy atom. The van der Waals surface area contributed by atoms with Crippen LogP contribution < -0.4 is 15.5 Å². The largest absolute Gasteiger partial charge is 0.416 e. The van der Waals surface area contributed by atoms with E-state index in [0.29, 0.717) is 18.8 Å². The van der Waals surface area contributed by atoms with Crippen molar-refractivity contribution in [3.8, 4) is 0 Å². The number of rotatable bonds is 6. The number of amides is 2. The number of hydrogen-bond donors (Lipinski definition) is 2. The Kier molecular flexibility index (Phi) is 6.31. The van der Waals surface area contributed by atoms with E-state index in [4.69, 9.17) is 0 Å². The van der Waals surface area contributed by atoms with Crippen molar-refractivity contribution in [3.05, 3.63) is 23.8 Å². The molecular weight excluding hydrogens is 373 g/mol. The summed E-state index contributed by atoms with van der Waals surface area (Å²) in [5, 5.41) is 5.35. The molecule has 6 nitrogen and oxygen atoms in total. The lowest BCUT2D eigenvalue weighted by atomic mass is 10.1. The minimum absolute atomic E-state index is 0.0952. The molecule has 0 atom stereocenters. The van der Waals surface area contributed by atoms with E-state index >= 15 is 0 Å². The first-order chi connectivity index (χ1) is 13.3. The Hall–Kier alpha value is -2.45. The summed E-state index contributed by atoms with van der Waals surface area (Å²) in [5.74, 6) is -0.569. The maximum Gasteiger partial charge on any atom is 0.416 e. The Morgan fingerprint density at radius 1 is 0.964 bits per heavy atom. The highest BCUT2D eigenvalue weighted by atomic mass is 19.4. The number of benzene rings is 1. The highest BCUT2D eigenvalue weighted by Gasteiger charge is 2.31. The van der Waals surface area contributed by atoms with Gasteiger partial charge in [0.15, 0.2) is 0 Å². The summed E-state index contributed by atoms with van der Waals surface area (Å²) in [4.78, 5) is 27.7. The average molecular weight is 398 g/mol. The van der Waals surface area contributed by atoms with E-state index in [1.807, 2.05) is 4.90 Å². The number of likely N-dealkylation sites (tertiary alicyclic amines) is 1. The molecule has 0 unspecified atom stereocenters. The average Bonchev–Trinajstić information content (AvgIpc) is 3.37. The van der Waals surface area contributed by atoms with Crippen LogP contribution in [0, 0.1) is 0 Å². The maximum atomic E-state index is 13.1. The number of carbonyl (C=O) groups is 2. The lowest BCUT2D eigenvalue weighted by molar-refractivity contribution is -0.137. The normalized spacial score (nSPS) is 17.1. The molecule has 0 bridgehead atoms. The minimum atomic E-state index is -4.45. The van der Waals surface area contributed by atoms with Gasteiger partial charge in [-0.25, -0.2) is 0 Å². The molecule has 0 aromatic heterocycles. The Bertz CT molecular complexity index is 712. The molecule has 2 aliphatic rings. The van der Waals surface area contributed by atoms with Crippen LogP contribution in [-0.2, 0) is 15.8 Å². The highest BCUT2D eigenvalue weighted by Crippen LogP contribution is 2.36. The van der Waals surface area contributed by atoms with Gasteiger partial charge in [0, 0.05) is 26.2 Å². The van der Waals surface area contributed by atoms with Crippen molar-refractivity contribution < 1.29 is 22.8 Å². The number of anilines is 2. The van der Waals surface area contributed by atoms with E-state index in [-0.39, 0.29) is 24.7 Å². The monoisotopic (exact) mass is 398 g/mol. The highest BCUT2D eigenvalue weighted by molar-refractivity contribution is 5.87. The van der Waals surface area contributed by atoms with Crippen molar-refractivity contribution in [2.45, 2.75) is 31.9 Å². The first kappa shape index (κ1) is 20.3. The van der Waals surface area contributed by atoms with Gasteiger partial charge in [0.05, 0.1) is 30.0 Å². The molecule has 0 saturated carbocycles. The van der Waals surface area contributed by atoms with Crippen molar-refractivity contribution in [3.63, 3.8) is 0 Å². The Morgan fingerprint density at radius 3 is 2.25 bits per heavy atom. The van der Waals surface area contributed by atoms with Gasteiger partial charge in [-0.15, -0.1) is 0 Å². The number of carbonyl (C=O) groups excluding carboxylic acids is 2. The molecule has 3 rings (SSSR count). The molecule has 2 saturated heterocycles. The zero-order valence-corrected chi connectivity index (χ0v) is 15.6. The van der Waals surface area contributed by atoms with Crippen molar-refractivity contribution >= 4 is 23.2 Å². The van der Waals surface area contributed by atoms with Crippen molar-refractivity contribution in [2.24, 2.45) is 0 Å². The van der Waals surface area contributed by atoms with Crippen LogP contribution in [0.2, 0.25) is 0 Å². The topological polar surface area (TPSA) is 64.7 Å². The molecule has 28 heavy (non-hydrogen) atoms. The molecule has 2 amide bonds. The van der Waals surface area contributed by atoms with Crippen LogP contribution >= 0.6 is 0 Å². The van der Waals surface area contributed by atoms with Gasteiger partial charge in [-0.1, -0.05) is 0 Å². The smallest absolute Gasteiger partial charge is 0.374 e. The summed E-state index contributed by atoms with van der Waals surface area (Å²) in [7, 11) is 0. The fraction of sp³-hybridized carbons (Fsp3) is 0.579. The standard InChI is InChI=1S/C19H25F3N4O2/c20-19(21,22)14-5-6-16(25-7-1-2-8-25)15(11-14)23-12-17(27)24-13-18(28)26-9-3-4-10-26/h5-6,11,23H,1-4,7-10,12-13H2,(H,24,27). The number of alkyl halides is 3. The quantitative estimate of drug-likeness (QED) is 0.773. The SMILES string of the molecule is O=C(CNc1cc(C(F)(F)F)ccc1N1CCCC1)NCC(=O)N1CCCC1. The summed E-state index contributed by atoms with van der Waals surface area (Å²) in [6, 6.07) is 3.55. The zero-order chi connectivity index (χ0) is 20.1. The predicted octanol–water partition coefficient (Wildman–Crippen LogP) is 2.46. The van der Waals surface area contributed by atoms with E-state index in [1.54, 1.807) is 4.90 Å². The van der Waals surface area contributed by atoms with Crippen LogP contribution in [-0.4, -0.2) is 56.0 Å². The fourth-order valence-corrected chi connectivity index (χ4v) is 3.58. The molecule has 154 valence electrons. The van der Waals surface area contributed by atoms with Gasteiger partial charge in [0.2, 0.25) is 11.8 Å². The summed E-state index contributed by atoms with van der Waals surface area (Å²) >= 11 is 0. The van der Waals surface area contributed by atoms with E-state index in [0.717, 1.165) is 50.9 Å². The van der Waals surface area contributed by atoms with Crippen molar-refractivity contribution in [1.29, 1.82) is 0 Å². The van der Waals surface area contributed by atoms with Crippen LogP contribution in [0.5, 0.6) is 0 Å². The van der Waals surface area contributed by atoms with Crippen LogP contribution in [0.25, 0.3) is 0 Å². The minimum Gasteiger partial charge on any atom is -0.374 e. The van der Waals surface area contributed by atoms with Crippen LogP contribution in [0.3, 0.4) is 0 Å². The summed E-state index contributed by atoms with van der Waals surface area (Å²) in [5.41, 5.74) is 0.173. The maximum absolute atomic E-state index is 13.1. The molecule has 9 heteroatoms. The van der Waals surface area contributed by atoms with E-state index in [9.17, 15) is 22.8 Å². The number of nitrogens with zero attached hydrogens (tertiary/aromatic N) is 2.